The average Bonchev–Trinajstić information content (AvgIpc) is 2.28. The second-order valence-corrected chi connectivity index (χ2v) is 3.35. The van der Waals surface area contributed by atoms with E-state index in [9.17, 15) is 4.79 Å². The Morgan fingerprint density at radius 3 is 2.81 bits per heavy atom. The van der Waals surface area contributed by atoms with Crippen LogP contribution in [-0.4, -0.2) is 27.6 Å². The summed E-state index contributed by atoms with van der Waals surface area (Å²) in [7, 11) is 0. The van der Waals surface area contributed by atoms with Crippen molar-refractivity contribution in [3.8, 4) is 0 Å². The summed E-state index contributed by atoms with van der Waals surface area (Å²) in [6, 6.07) is 7.56. The fourth-order valence-electron chi connectivity index (χ4n) is 1.38. The summed E-state index contributed by atoms with van der Waals surface area (Å²) in [5.74, 6) is -0.881. The molecule has 1 aromatic carbocycles. The highest BCUT2D eigenvalue weighted by molar-refractivity contribution is 5.73. The van der Waals surface area contributed by atoms with Gasteiger partial charge in [-0.2, -0.15) is 0 Å². The smallest absolute Gasteiger partial charge is 0.317 e. The first-order valence-corrected chi connectivity index (χ1v) is 4.89. The fourth-order valence-corrected chi connectivity index (χ4v) is 1.38. The molecule has 0 saturated heterocycles. The van der Waals surface area contributed by atoms with Gasteiger partial charge in [-0.25, -0.2) is 4.98 Å². The Balaban J connectivity index is 2.10. The minimum atomic E-state index is -0.881. The Hall–Kier alpha value is -2.01. The van der Waals surface area contributed by atoms with Crippen LogP contribution in [0.3, 0.4) is 0 Å². The lowest BCUT2D eigenvalue weighted by molar-refractivity contribution is -0.135. The highest BCUT2D eigenvalue weighted by Crippen LogP contribution is 2.07. The molecule has 1 heterocycles. The minimum absolute atomic E-state index is 0.0749. The molecule has 0 bridgehead atoms. The fraction of sp³-hybridized carbons (Fsp3) is 0.182. The maximum Gasteiger partial charge on any atom is 0.317 e. The van der Waals surface area contributed by atoms with Crippen molar-refractivity contribution in [2.24, 2.45) is 0 Å². The minimum Gasteiger partial charge on any atom is -0.480 e. The summed E-state index contributed by atoms with van der Waals surface area (Å²) < 4.78 is 0. The number of fused-ring (bicyclic) bond motifs is 1. The monoisotopic (exact) mass is 217 g/mol. The largest absolute Gasteiger partial charge is 0.480 e. The molecule has 0 saturated carbocycles. The van der Waals surface area contributed by atoms with Crippen molar-refractivity contribution in [3.63, 3.8) is 0 Å². The summed E-state index contributed by atoms with van der Waals surface area (Å²) in [5.41, 5.74) is 2.39. The summed E-state index contributed by atoms with van der Waals surface area (Å²) in [6.07, 6.45) is 1.65. The number of carbonyl (C=O) groups is 1. The number of nitrogens with one attached hydrogen (secondary N) is 1. The van der Waals surface area contributed by atoms with Crippen molar-refractivity contribution in [1.29, 1.82) is 0 Å². The topological polar surface area (TPSA) is 75.1 Å². The van der Waals surface area contributed by atoms with Gasteiger partial charge in [-0.05, 0) is 12.1 Å². The maximum atomic E-state index is 10.3. The molecule has 0 radical (unpaired) electrons. The molecule has 5 heteroatoms. The zero-order valence-electron chi connectivity index (χ0n) is 8.55. The second-order valence-electron chi connectivity index (χ2n) is 3.35. The van der Waals surface area contributed by atoms with Crippen molar-refractivity contribution >= 4 is 17.0 Å². The van der Waals surface area contributed by atoms with E-state index in [1.165, 1.54) is 0 Å². The van der Waals surface area contributed by atoms with Crippen LogP contribution in [0.25, 0.3) is 11.0 Å². The molecule has 5 nitrogen and oxygen atoms in total. The SMILES string of the molecule is O=C(O)CNCc1cnc2ccccc2n1. The van der Waals surface area contributed by atoms with E-state index in [1.807, 2.05) is 24.3 Å². The van der Waals surface area contributed by atoms with Gasteiger partial charge in [0.2, 0.25) is 0 Å². The molecule has 0 atom stereocenters. The lowest BCUT2D eigenvalue weighted by Crippen LogP contribution is -2.22. The van der Waals surface area contributed by atoms with Gasteiger partial charge in [-0.1, -0.05) is 12.1 Å². The zero-order chi connectivity index (χ0) is 11.4. The van der Waals surface area contributed by atoms with Crippen LogP contribution in [0.1, 0.15) is 5.69 Å². The van der Waals surface area contributed by atoms with Gasteiger partial charge in [0.15, 0.2) is 0 Å². The molecule has 0 aliphatic rings. The quantitative estimate of drug-likeness (QED) is 0.792. The molecular weight excluding hydrogens is 206 g/mol. The van der Waals surface area contributed by atoms with E-state index in [-0.39, 0.29) is 6.54 Å². The van der Waals surface area contributed by atoms with Gasteiger partial charge >= 0.3 is 5.97 Å². The van der Waals surface area contributed by atoms with Crippen molar-refractivity contribution in [3.05, 3.63) is 36.2 Å². The molecule has 0 aliphatic carbocycles. The van der Waals surface area contributed by atoms with E-state index >= 15 is 0 Å². The van der Waals surface area contributed by atoms with Crippen LogP contribution in [0.5, 0.6) is 0 Å². The zero-order valence-corrected chi connectivity index (χ0v) is 8.55. The normalized spacial score (nSPS) is 10.5. The first kappa shape index (κ1) is 10.5. The van der Waals surface area contributed by atoms with Gasteiger partial charge in [-0.3, -0.25) is 9.78 Å². The number of carboxylic acids is 1. The number of hydrogen-bond donors (Lipinski definition) is 2. The van der Waals surface area contributed by atoms with E-state index < -0.39 is 5.97 Å². The third kappa shape index (κ3) is 2.52. The number of carboxylic acid groups (broad SMARTS) is 1. The van der Waals surface area contributed by atoms with E-state index in [1.54, 1.807) is 6.20 Å². The highest BCUT2D eigenvalue weighted by Gasteiger charge is 2.00. The molecule has 2 N–H and O–H groups in total. The lowest BCUT2D eigenvalue weighted by atomic mass is 10.3. The predicted octanol–water partition coefficient (Wildman–Crippen LogP) is 0.804. The van der Waals surface area contributed by atoms with Crippen molar-refractivity contribution < 1.29 is 9.90 Å². The van der Waals surface area contributed by atoms with Gasteiger partial charge in [0.1, 0.15) is 0 Å². The summed E-state index contributed by atoms with van der Waals surface area (Å²) in [6.45, 7) is 0.332. The third-order valence-electron chi connectivity index (χ3n) is 2.08. The van der Waals surface area contributed by atoms with Gasteiger partial charge in [-0.15, -0.1) is 0 Å². The van der Waals surface area contributed by atoms with Crippen LogP contribution in [0.2, 0.25) is 0 Å². The molecular formula is C11H11N3O2. The Labute approximate surface area is 92.2 Å². The molecule has 0 unspecified atom stereocenters. The highest BCUT2D eigenvalue weighted by atomic mass is 16.4. The Bertz CT molecular complexity index is 513. The average molecular weight is 217 g/mol. The number of benzene rings is 1. The summed E-state index contributed by atoms with van der Waals surface area (Å²) >= 11 is 0. The van der Waals surface area contributed by atoms with Crippen molar-refractivity contribution in [2.45, 2.75) is 6.54 Å². The Morgan fingerprint density at radius 2 is 2.06 bits per heavy atom. The van der Waals surface area contributed by atoms with Gasteiger partial charge in [0, 0.05) is 6.54 Å². The standard InChI is InChI=1S/C11H11N3O2/c15-11(16)7-12-5-8-6-13-9-3-1-2-4-10(9)14-8/h1-4,6,12H,5,7H2,(H,15,16). The first-order chi connectivity index (χ1) is 7.75. The molecule has 82 valence electrons. The summed E-state index contributed by atoms with van der Waals surface area (Å²) in [4.78, 5) is 18.9. The van der Waals surface area contributed by atoms with Crippen molar-refractivity contribution in [1.82, 2.24) is 15.3 Å². The molecule has 0 aliphatic heterocycles. The van der Waals surface area contributed by atoms with E-state index in [4.69, 9.17) is 5.11 Å². The molecule has 0 amide bonds. The van der Waals surface area contributed by atoms with Crippen LogP contribution in [0.15, 0.2) is 30.5 Å². The van der Waals surface area contributed by atoms with Crippen LogP contribution in [0, 0.1) is 0 Å². The molecule has 0 spiro atoms. The van der Waals surface area contributed by atoms with Gasteiger partial charge in [0.25, 0.3) is 0 Å². The maximum absolute atomic E-state index is 10.3. The van der Waals surface area contributed by atoms with Crippen LogP contribution in [0.4, 0.5) is 0 Å². The van der Waals surface area contributed by atoms with Crippen molar-refractivity contribution in [2.75, 3.05) is 6.54 Å². The van der Waals surface area contributed by atoms with Gasteiger partial charge in [0.05, 0.1) is 29.5 Å². The third-order valence-corrected chi connectivity index (χ3v) is 2.08. The number of hydrogen-bond acceptors (Lipinski definition) is 4. The number of nitrogens with zero attached hydrogens (tertiary/aromatic N) is 2. The Kier molecular flexibility index (Phi) is 3.07. The molecule has 2 aromatic rings. The summed E-state index contributed by atoms with van der Waals surface area (Å²) in [5, 5.41) is 11.2. The molecule has 2 rings (SSSR count). The van der Waals surface area contributed by atoms with Crippen LogP contribution in [-0.2, 0) is 11.3 Å². The van der Waals surface area contributed by atoms with Crippen LogP contribution < -0.4 is 5.32 Å². The first-order valence-electron chi connectivity index (χ1n) is 4.89. The van der Waals surface area contributed by atoms with Crippen LogP contribution >= 0.6 is 0 Å². The van der Waals surface area contributed by atoms with E-state index in [0.717, 1.165) is 16.7 Å². The Morgan fingerprint density at radius 1 is 1.31 bits per heavy atom. The molecule has 0 fully saturated rings. The van der Waals surface area contributed by atoms with Gasteiger partial charge < -0.3 is 10.4 Å². The predicted molar refractivity (Wildman–Crippen MR) is 58.9 cm³/mol. The number of para-hydroxylation sites is 2. The van der Waals surface area contributed by atoms with E-state index in [0.29, 0.717) is 6.54 Å². The second kappa shape index (κ2) is 4.67. The molecule has 16 heavy (non-hydrogen) atoms. The number of rotatable bonds is 4. The number of aromatic nitrogens is 2. The lowest BCUT2D eigenvalue weighted by Gasteiger charge is -2.02. The molecule has 1 aromatic heterocycles. The number of aliphatic carboxylic acids is 1. The van der Waals surface area contributed by atoms with E-state index in [2.05, 4.69) is 15.3 Å².